The summed E-state index contributed by atoms with van der Waals surface area (Å²) in [5.41, 5.74) is 2.73. The Balaban J connectivity index is 1.48. The van der Waals surface area contributed by atoms with Crippen LogP contribution in [0.2, 0.25) is 0 Å². The minimum atomic E-state index is -1.57. The minimum absolute atomic E-state index is 0.0668. The van der Waals surface area contributed by atoms with E-state index in [9.17, 15) is 24.6 Å². The van der Waals surface area contributed by atoms with Gasteiger partial charge in [0.05, 0.1) is 12.7 Å². The molecule has 2 aliphatic rings. The molecule has 1 saturated heterocycles. The van der Waals surface area contributed by atoms with Crippen molar-refractivity contribution in [2.75, 3.05) is 26.9 Å². The molecule has 1 aliphatic carbocycles. The summed E-state index contributed by atoms with van der Waals surface area (Å²) in [6.07, 6.45) is -1.84. The second-order valence-corrected chi connectivity index (χ2v) is 8.92. The molecule has 3 N–H and O–H groups in total. The van der Waals surface area contributed by atoms with Gasteiger partial charge in [-0.2, -0.15) is 0 Å². The number of β-amino-alcohol motifs (C(OH)–C–C–N with tert-alkyl or cyclic N) is 1. The van der Waals surface area contributed by atoms with Crippen LogP contribution in [0.1, 0.15) is 30.4 Å². The summed E-state index contributed by atoms with van der Waals surface area (Å²) in [6, 6.07) is 14.7. The average molecular weight is 469 g/mol. The molecule has 3 atom stereocenters. The van der Waals surface area contributed by atoms with Crippen LogP contribution < -0.4 is 5.32 Å². The maximum atomic E-state index is 13.2. The van der Waals surface area contributed by atoms with Crippen LogP contribution in [-0.2, 0) is 19.1 Å². The Morgan fingerprint density at radius 3 is 2.24 bits per heavy atom. The number of carbonyl (C=O) groups excluding carboxylic acids is 2. The molecular weight excluding hydrogens is 440 g/mol. The van der Waals surface area contributed by atoms with E-state index in [1.54, 1.807) is 0 Å². The number of aliphatic hydroxyl groups excluding tert-OH is 1. The molecule has 4 rings (SSSR count). The fourth-order valence-electron chi connectivity index (χ4n) is 4.89. The number of methoxy groups -OCH3 is 1. The van der Waals surface area contributed by atoms with Crippen molar-refractivity contribution in [2.45, 2.75) is 36.9 Å². The lowest BCUT2D eigenvalue weighted by Gasteiger charge is -2.34. The molecule has 1 heterocycles. The number of amides is 2. The lowest BCUT2D eigenvalue weighted by atomic mass is 9.98. The van der Waals surface area contributed by atoms with E-state index in [0.717, 1.165) is 27.2 Å². The zero-order chi connectivity index (χ0) is 24.5. The van der Waals surface area contributed by atoms with Gasteiger partial charge in [0, 0.05) is 26.0 Å². The van der Waals surface area contributed by atoms with Crippen molar-refractivity contribution in [2.24, 2.45) is 0 Å². The van der Waals surface area contributed by atoms with E-state index < -0.39 is 35.7 Å². The highest BCUT2D eigenvalue weighted by molar-refractivity contribution is 5.93. The SMILES string of the molecule is COCC(C)(NC(=O)OCC1c2ccccc2-c2ccccc21)C(=O)N1CC(O)CC1C(=O)O. The highest BCUT2D eigenvalue weighted by Gasteiger charge is 2.47. The third kappa shape index (κ3) is 4.36. The summed E-state index contributed by atoms with van der Waals surface area (Å²) in [5.74, 6) is -2.02. The van der Waals surface area contributed by atoms with E-state index in [1.165, 1.54) is 14.0 Å². The van der Waals surface area contributed by atoms with Gasteiger partial charge in [0.15, 0.2) is 0 Å². The largest absolute Gasteiger partial charge is 0.480 e. The number of benzene rings is 2. The lowest BCUT2D eigenvalue weighted by Crippen LogP contribution is -2.62. The average Bonchev–Trinajstić information content (AvgIpc) is 3.35. The van der Waals surface area contributed by atoms with Crippen LogP contribution in [0.5, 0.6) is 0 Å². The highest BCUT2D eigenvalue weighted by Crippen LogP contribution is 2.44. The topological polar surface area (TPSA) is 125 Å². The van der Waals surface area contributed by atoms with E-state index in [1.807, 2.05) is 48.5 Å². The number of hydrogen-bond donors (Lipinski definition) is 3. The van der Waals surface area contributed by atoms with Crippen molar-refractivity contribution < 1.29 is 34.1 Å². The van der Waals surface area contributed by atoms with Crippen molar-refractivity contribution in [3.8, 4) is 11.1 Å². The van der Waals surface area contributed by atoms with Crippen LogP contribution in [0.25, 0.3) is 11.1 Å². The Bertz CT molecular complexity index is 1060. The Labute approximate surface area is 197 Å². The molecule has 0 aromatic heterocycles. The fraction of sp³-hybridized carbons (Fsp3) is 0.400. The molecule has 0 bridgehead atoms. The van der Waals surface area contributed by atoms with E-state index in [0.29, 0.717) is 0 Å². The first-order valence-electron chi connectivity index (χ1n) is 11.1. The summed E-state index contributed by atoms with van der Waals surface area (Å²) in [6.45, 7) is 1.18. The fourth-order valence-corrected chi connectivity index (χ4v) is 4.89. The third-order valence-corrected chi connectivity index (χ3v) is 6.45. The van der Waals surface area contributed by atoms with Gasteiger partial charge in [0.25, 0.3) is 5.91 Å². The Kier molecular flexibility index (Phi) is 6.58. The summed E-state index contributed by atoms with van der Waals surface area (Å²) in [7, 11) is 1.37. The van der Waals surface area contributed by atoms with Crippen LogP contribution in [0.4, 0.5) is 4.79 Å². The monoisotopic (exact) mass is 468 g/mol. The molecule has 0 radical (unpaired) electrons. The molecular formula is C25H28N2O7. The van der Waals surface area contributed by atoms with Crippen LogP contribution >= 0.6 is 0 Å². The van der Waals surface area contributed by atoms with Crippen molar-refractivity contribution in [1.82, 2.24) is 10.2 Å². The molecule has 1 fully saturated rings. The van der Waals surface area contributed by atoms with Gasteiger partial charge < -0.3 is 29.9 Å². The zero-order valence-electron chi connectivity index (χ0n) is 19.1. The molecule has 9 heteroatoms. The van der Waals surface area contributed by atoms with Gasteiger partial charge in [0.2, 0.25) is 0 Å². The van der Waals surface area contributed by atoms with E-state index in [4.69, 9.17) is 9.47 Å². The van der Waals surface area contributed by atoms with Gasteiger partial charge in [-0.3, -0.25) is 4.79 Å². The van der Waals surface area contributed by atoms with Crippen molar-refractivity contribution >= 4 is 18.0 Å². The number of ether oxygens (including phenoxy) is 2. The van der Waals surface area contributed by atoms with Gasteiger partial charge in [-0.15, -0.1) is 0 Å². The predicted molar refractivity (Wildman–Crippen MR) is 122 cm³/mol. The van der Waals surface area contributed by atoms with Crippen LogP contribution in [0.3, 0.4) is 0 Å². The zero-order valence-corrected chi connectivity index (χ0v) is 19.1. The number of likely N-dealkylation sites (tertiary alicyclic amines) is 1. The second kappa shape index (κ2) is 9.44. The van der Waals surface area contributed by atoms with Gasteiger partial charge in [0.1, 0.15) is 18.2 Å². The standard InChI is InChI=1S/C25H28N2O7/c1-25(14-33-2,23(31)27-12-15(28)11-21(27)22(29)30)26-24(32)34-13-20-18-9-5-3-7-16(18)17-8-4-6-10-19(17)20/h3-10,15,20-21,28H,11-14H2,1-2H3,(H,26,32)(H,29,30). The normalized spacial score (nSPS) is 20.9. The number of fused-ring (bicyclic) bond motifs is 3. The van der Waals surface area contributed by atoms with E-state index in [-0.39, 0.29) is 32.1 Å². The van der Waals surface area contributed by atoms with Crippen molar-refractivity contribution in [1.29, 1.82) is 0 Å². The Morgan fingerprint density at radius 1 is 1.09 bits per heavy atom. The first-order valence-corrected chi connectivity index (χ1v) is 11.1. The Morgan fingerprint density at radius 2 is 1.68 bits per heavy atom. The molecule has 1 aliphatic heterocycles. The first kappa shape index (κ1) is 23.7. The number of nitrogens with one attached hydrogen (secondary N) is 1. The predicted octanol–water partition coefficient (Wildman–Crippen LogP) is 1.98. The summed E-state index contributed by atoms with van der Waals surface area (Å²) >= 11 is 0. The third-order valence-electron chi connectivity index (χ3n) is 6.45. The van der Waals surface area contributed by atoms with Crippen LogP contribution in [-0.4, -0.2) is 77.6 Å². The number of hydrogen-bond acceptors (Lipinski definition) is 6. The number of carboxylic acids is 1. The van der Waals surface area contributed by atoms with Crippen LogP contribution in [0, 0.1) is 0 Å². The number of rotatable bonds is 7. The maximum Gasteiger partial charge on any atom is 0.408 e. The summed E-state index contributed by atoms with van der Waals surface area (Å²) in [5, 5.41) is 21.9. The highest BCUT2D eigenvalue weighted by atomic mass is 16.5. The van der Waals surface area contributed by atoms with Gasteiger partial charge in [-0.1, -0.05) is 48.5 Å². The maximum absolute atomic E-state index is 13.2. The minimum Gasteiger partial charge on any atom is -0.480 e. The number of carboxylic acid groups (broad SMARTS) is 1. The molecule has 3 unspecified atom stereocenters. The van der Waals surface area contributed by atoms with Gasteiger partial charge >= 0.3 is 12.1 Å². The molecule has 2 aromatic rings. The first-order chi connectivity index (χ1) is 16.2. The molecule has 0 spiro atoms. The van der Waals surface area contributed by atoms with Crippen LogP contribution in [0.15, 0.2) is 48.5 Å². The number of carbonyl (C=O) groups is 3. The Hall–Kier alpha value is -3.43. The lowest BCUT2D eigenvalue weighted by molar-refractivity contribution is -0.151. The van der Waals surface area contributed by atoms with E-state index in [2.05, 4.69) is 5.32 Å². The van der Waals surface area contributed by atoms with Crippen molar-refractivity contribution in [3.63, 3.8) is 0 Å². The summed E-state index contributed by atoms with van der Waals surface area (Å²) < 4.78 is 10.7. The number of aliphatic carboxylic acids is 1. The van der Waals surface area contributed by atoms with Gasteiger partial charge in [-0.05, 0) is 29.2 Å². The van der Waals surface area contributed by atoms with Gasteiger partial charge in [-0.25, -0.2) is 9.59 Å². The molecule has 2 aromatic carbocycles. The molecule has 2 amide bonds. The molecule has 180 valence electrons. The molecule has 34 heavy (non-hydrogen) atoms. The number of nitrogens with zero attached hydrogens (tertiary/aromatic N) is 1. The number of alkyl carbamates (subject to hydrolysis) is 1. The summed E-state index contributed by atoms with van der Waals surface area (Å²) in [4.78, 5) is 38.7. The van der Waals surface area contributed by atoms with Crippen molar-refractivity contribution in [3.05, 3.63) is 59.7 Å². The second-order valence-electron chi connectivity index (χ2n) is 8.92. The molecule has 0 saturated carbocycles. The number of aliphatic hydroxyl groups is 1. The molecule has 9 nitrogen and oxygen atoms in total. The smallest absolute Gasteiger partial charge is 0.408 e. The van der Waals surface area contributed by atoms with E-state index >= 15 is 0 Å². The quantitative estimate of drug-likeness (QED) is 0.567.